The third kappa shape index (κ3) is 2.25. The van der Waals surface area contributed by atoms with E-state index in [1.807, 2.05) is 47.4 Å². The molecule has 21 heavy (non-hydrogen) atoms. The summed E-state index contributed by atoms with van der Waals surface area (Å²) in [5.74, 6) is 0.861. The molecular formula is C15H18N4OS. The molecule has 0 unspecified atom stereocenters. The van der Waals surface area contributed by atoms with E-state index < -0.39 is 0 Å². The Balaban J connectivity index is 2.19. The lowest BCUT2D eigenvalue weighted by atomic mass is 10.3. The molecule has 1 aromatic carbocycles. The molecule has 0 spiro atoms. The monoisotopic (exact) mass is 302 g/mol. The maximum Gasteiger partial charge on any atom is 0.184 e. The molecule has 5 nitrogen and oxygen atoms in total. The van der Waals surface area contributed by atoms with Crippen molar-refractivity contribution in [2.75, 3.05) is 6.61 Å². The predicted molar refractivity (Wildman–Crippen MR) is 85.8 cm³/mol. The number of rotatable bonds is 4. The topological polar surface area (TPSA) is 47.8 Å². The van der Waals surface area contributed by atoms with Crippen LogP contribution in [-0.2, 0) is 6.54 Å². The number of aryl methyl sites for hydroxylation is 2. The van der Waals surface area contributed by atoms with Crippen LogP contribution in [0, 0.1) is 11.7 Å². The van der Waals surface area contributed by atoms with Gasteiger partial charge in [0, 0.05) is 6.54 Å². The highest BCUT2D eigenvalue weighted by Crippen LogP contribution is 2.23. The SMILES string of the molecule is CCOc1ccc(-n2c(=S)[nH]c3c(C)nn(CC)c32)cc1. The van der Waals surface area contributed by atoms with Crippen LogP contribution in [0.3, 0.4) is 0 Å². The summed E-state index contributed by atoms with van der Waals surface area (Å²) >= 11 is 5.47. The van der Waals surface area contributed by atoms with Gasteiger partial charge in [0.05, 0.1) is 18.0 Å². The van der Waals surface area contributed by atoms with Gasteiger partial charge >= 0.3 is 0 Å². The molecule has 0 aliphatic rings. The maximum absolute atomic E-state index is 5.48. The van der Waals surface area contributed by atoms with Gasteiger partial charge in [-0.05, 0) is 57.3 Å². The third-order valence-corrected chi connectivity index (χ3v) is 3.74. The minimum absolute atomic E-state index is 0.662. The summed E-state index contributed by atoms with van der Waals surface area (Å²) in [6, 6.07) is 7.94. The second kappa shape index (κ2) is 5.37. The van der Waals surface area contributed by atoms with Crippen LogP contribution in [0.2, 0.25) is 0 Å². The lowest BCUT2D eigenvalue weighted by molar-refractivity contribution is 0.340. The second-order valence-electron chi connectivity index (χ2n) is 4.79. The van der Waals surface area contributed by atoms with E-state index in [1.165, 1.54) is 0 Å². The van der Waals surface area contributed by atoms with E-state index >= 15 is 0 Å². The van der Waals surface area contributed by atoms with E-state index in [1.54, 1.807) is 0 Å². The van der Waals surface area contributed by atoms with E-state index in [0.29, 0.717) is 11.4 Å². The lowest BCUT2D eigenvalue weighted by Crippen LogP contribution is -2.03. The van der Waals surface area contributed by atoms with Crippen LogP contribution >= 0.6 is 12.2 Å². The molecule has 0 saturated carbocycles. The molecule has 0 bridgehead atoms. The van der Waals surface area contributed by atoms with Crippen molar-refractivity contribution in [1.82, 2.24) is 19.3 Å². The van der Waals surface area contributed by atoms with Crippen molar-refractivity contribution in [1.29, 1.82) is 0 Å². The van der Waals surface area contributed by atoms with E-state index in [4.69, 9.17) is 17.0 Å². The third-order valence-electron chi connectivity index (χ3n) is 3.45. The van der Waals surface area contributed by atoms with Crippen molar-refractivity contribution < 1.29 is 4.74 Å². The lowest BCUT2D eigenvalue weighted by Gasteiger charge is -2.08. The van der Waals surface area contributed by atoms with Crippen molar-refractivity contribution in [3.8, 4) is 11.4 Å². The van der Waals surface area contributed by atoms with Crippen LogP contribution in [0.1, 0.15) is 19.5 Å². The Kier molecular flexibility index (Phi) is 3.55. The molecule has 2 heterocycles. The fraction of sp³-hybridized carbons (Fsp3) is 0.333. The van der Waals surface area contributed by atoms with Crippen LogP contribution in [0.25, 0.3) is 16.9 Å². The molecule has 1 N–H and O–H groups in total. The number of aromatic amines is 1. The fourth-order valence-electron chi connectivity index (χ4n) is 2.52. The Labute approximate surface area is 128 Å². The summed E-state index contributed by atoms with van der Waals surface area (Å²) in [6.45, 7) is 7.50. The number of H-pyrrole nitrogens is 1. The molecule has 3 aromatic rings. The van der Waals surface area contributed by atoms with Crippen LogP contribution in [0.15, 0.2) is 24.3 Å². The summed E-state index contributed by atoms with van der Waals surface area (Å²) in [5, 5.41) is 4.54. The summed E-state index contributed by atoms with van der Waals surface area (Å²) in [5.41, 5.74) is 3.96. The molecule has 3 rings (SSSR count). The molecule has 0 radical (unpaired) electrons. The number of hydrogen-bond acceptors (Lipinski definition) is 3. The average molecular weight is 302 g/mol. The molecule has 2 aromatic heterocycles. The first-order valence-corrected chi connectivity index (χ1v) is 7.48. The zero-order valence-corrected chi connectivity index (χ0v) is 13.2. The maximum atomic E-state index is 5.48. The largest absolute Gasteiger partial charge is 0.494 e. The Morgan fingerprint density at radius 2 is 1.95 bits per heavy atom. The Bertz CT molecular complexity index is 826. The Hall–Kier alpha value is -2.08. The number of aromatic nitrogens is 4. The highest BCUT2D eigenvalue weighted by molar-refractivity contribution is 7.71. The first-order valence-electron chi connectivity index (χ1n) is 7.07. The van der Waals surface area contributed by atoms with Crippen molar-refractivity contribution in [2.24, 2.45) is 0 Å². The standard InChI is InChI=1S/C15H18N4OS/c1-4-18-14-13(10(3)17-18)16-15(21)19(14)11-6-8-12(9-7-11)20-5-2/h6-9H,4-5H2,1-3H3,(H,16,21). The summed E-state index contributed by atoms with van der Waals surface area (Å²) in [6.07, 6.45) is 0. The van der Waals surface area contributed by atoms with Gasteiger partial charge in [0.1, 0.15) is 11.3 Å². The smallest absolute Gasteiger partial charge is 0.184 e. The highest BCUT2D eigenvalue weighted by Gasteiger charge is 2.15. The highest BCUT2D eigenvalue weighted by atomic mass is 32.1. The van der Waals surface area contributed by atoms with Crippen molar-refractivity contribution in [3.63, 3.8) is 0 Å². The minimum atomic E-state index is 0.662. The zero-order chi connectivity index (χ0) is 15.0. The molecule has 0 saturated heterocycles. The van der Waals surface area contributed by atoms with Gasteiger partial charge in [0.25, 0.3) is 0 Å². The molecule has 0 amide bonds. The minimum Gasteiger partial charge on any atom is -0.494 e. The van der Waals surface area contributed by atoms with Gasteiger partial charge in [-0.3, -0.25) is 4.57 Å². The van der Waals surface area contributed by atoms with Crippen LogP contribution in [-0.4, -0.2) is 25.9 Å². The van der Waals surface area contributed by atoms with Crippen LogP contribution in [0.5, 0.6) is 5.75 Å². The molecule has 0 fully saturated rings. The quantitative estimate of drug-likeness (QED) is 0.749. The van der Waals surface area contributed by atoms with Crippen LogP contribution in [0.4, 0.5) is 0 Å². The predicted octanol–water partition coefficient (Wildman–Crippen LogP) is 3.61. The molecule has 0 atom stereocenters. The van der Waals surface area contributed by atoms with Gasteiger partial charge in [-0.25, -0.2) is 4.68 Å². The van der Waals surface area contributed by atoms with Gasteiger partial charge in [0.15, 0.2) is 10.4 Å². The molecule has 0 aliphatic carbocycles. The normalized spacial score (nSPS) is 11.2. The van der Waals surface area contributed by atoms with E-state index in [-0.39, 0.29) is 0 Å². The summed E-state index contributed by atoms with van der Waals surface area (Å²) in [7, 11) is 0. The second-order valence-corrected chi connectivity index (χ2v) is 5.18. The molecule has 0 aliphatic heterocycles. The molecular weight excluding hydrogens is 284 g/mol. The molecule has 110 valence electrons. The fourth-order valence-corrected chi connectivity index (χ4v) is 2.81. The van der Waals surface area contributed by atoms with E-state index in [2.05, 4.69) is 17.0 Å². The van der Waals surface area contributed by atoms with Crippen molar-refractivity contribution >= 4 is 23.4 Å². The van der Waals surface area contributed by atoms with Gasteiger partial charge in [-0.1, -0.05) is 0 Å². The van der Waals surface area contributed by atoms with Gasteiger partial charge in [-0.15, -0.1) is 0 Å². The number of hydrogen-bond donors (Lipinski definition) is 1. The average Bonchev–Trinajstić information content (AvgIpc) is 2.97. The number of nitrogens with zero attached hydrogens (tertiary/aromatic N) is 3. The van der Waals surface area contributed by atoms with Gasteiger partial charge in [0.2, 0.25) is 0 Å². The molecule has 6 heteroatoms. The Morgan fingerprint density at radius 1 is 1.24 bits per heavy atom. The van der Waals surface area contributed by atoms with E-state index in [9.17, 15) is 0 Å². The van der Waals surface area contributed by atoms with Gasteiger partial charge in [-0.2, -0.15) is 5.10 Å². The number of benzene rings is 1. The first kappa shape index (κ1) is 13.9. The van der Waals surface area contributed by atoms with Gasteiger partial charge < -0.3 is 9.72 Å². The Morgan fingerprint density at radius 3 is 2.57 bits per heavy atom. The summed E-state index contributed by atoms with van der Waals surface area (Å²) in [4.78, 5) is 3.25. The van der Waals surface area contributed by atoms with Crippen molar-refractivity contribution in [2.45, 2.75) is 27.3 Å². The van der Waals surface area contributed by atoms with E-state index in [0.717, 1.165) is 34.8 Å². The zero-order valence-electron chi connectivity index (χ0n) is 12.4. The number of nitrogens with one attached hydrogen (secondary N) is 1. The summed E-state index contributed by atoms with van der Waals surface area (Å²) < 4.78 is 10.1. The van der Waals surface area contributed by atoms with Crippen LogP contribution < -0.4 is 4.74 Å². The first-order chi connectivity index (χ1) is 10.2. The number of ether oxygens (including phenoxy) is 1. The number of fused-ring (bicyclic) bond motifs is 1. The van der Waals surface area contributed by atoms with Crippen molar-refractivity contribution in [3.05, 3.63) is 34.7 Å². The number of imidazole rings is 1.